The van der Waals surface area contributed by atoms with Crippen LogP contribution in [0.4, 0.5) is 4.79 Å². The van der Waals surface area contributed by atoms with Gasteiger partial charge in [0.05, 0.1) is 0 Å². The van der Waals surface area contributed by atoms with Gasteiger partial charge in [0.25, 0.3) is 0 Å². The second kappa shape index (κ2) is 10.2. The zero-order valence-corrected chi connectivity index (χ0v) is 17.1. The van der Waals surface area contributed by atoms with Crippen molar-refractivity contribution in [2.24, 2.45) is 5.92 Å². The van der Waals surface area contributed by atoms with Crippen LogP contribution in [0.5, 0.6) is 0 Å². The summed E-state index contributed by atoms with van der Waals surface area (Å²) in [5, 5.41) is 3.27. The highest BCUT2D eigenvalue weighted by Gasteiger charge is 2.25. The highest BCUT2D eigenvalue weighted by atomic mass is 16.2. The van der Waals surface area contributed by atoms with Gasteiger partial charge in [-0.15, -0.1) is 0 Å². The first-order valence-electron chi connectivity index (χ1n) is 10.3. The van der Waals surface area contributed by atoms with Crippen LogP contribution in [0.2, 0.25) is 0 Å². The number of likely N-dealkylation sites (tertiary alicyclic amines) is 1. The topological polar surface area (TPSA) is 48.5 Å². The van der Waals surface area contributed by atoms with E-state index >= 15 is 0 Å². The van der Waals surface area contributed by atoms with Crippen molar-refractivity contribution in [2.75, 3.05) is 26.7 Å². The van der Waals surface area contributed by atoms with E-state index in [2.05, 4.69) is 41.3 Å². The lowest BCUT2D eigenvalue weighted by molar-refractivity contribution is 0.168. The number of hydrogen-bond donors (Lipinski definition) is 1. The molecule has 0 bridgehead atoms. The Kier molecular flexibility index (Phi) is 7.43. The lowest BCUT2D eigenvalue weighted by atomic mass is 9.90. The van der Waals surface area contributed by atoms with Gasteiger partial charge in [0.2, 0.25) is 0 Å². The zero-order valence-electron chi connectivity index (χ0n) is 17.1. The number of carbonyl (C=O) groups is 1. The molecular weight excluding hydrogens is 348 g/mol. The Balaban J connectivity index is 1.61. The van der Waals surface area contributed by atoms with Crippen molar-refractivity contribution in [1.29, 1.82) is 0 Å². The third-order valence-corrected chi connectivity index (χ3v) is 5.72. The Hall–Kier alpha value is -2.40. The van der Waals surface area contributed by atoms with Crippen molar-refractivity contribution >= 4 is 6.03 Å². The SMILES string of the molecule is C[C@H](NC(=O)N(CCc1ccccc1)Cc1cccnc1)C1CCN(C)CC1. The fourth-order valence-electron chi connectivity index (χ4n) is 3.81. The van der Waals surface area contributed by atoms with Crippen LogP contribution in [0.3, 0.4) is 0 Å². The molecule has 1 aliphatic rings. The number of benzene rings is 1. The molecule has 0 saturated carbocycles. The van der Waals surface area contributed by atoms with E-state index < -0.39 is 0 Å². The fraction of sp³-hybridized carbons (Fsp3) is 0.478. The number of pyridine rings is 1. The van der Waals surface area contributed by atoms with E-state index in [-0.39, 0.29) is 12.1 Å². The Morgan fingerprint density at radius 3 is 2.57 bits per heavy atom. The quantitative estimate of drug-likeness (QED) is 0.799. The van der Waals surface area contributed by atoms with Crippen molar-refractivity contribution in [3.8, 4) is 0 Å². The predicted octanol–water partition coefficient (Wildman–Crippen LogP) is 3.57. The van der Waals surface area contributed by atoms with Crippen LogP contribution in [0.25, 0.3) is 0 Å². The molecular formula is C23H32N4O. The van der Waals surface area contributed by atoms with Gasteiger partial charge in [0.1, 0.15) is 0 Å². The molecule has 1 atom stereocenters. The molecule has 2 heterocycles. The Bertz CT molecular complexity index is 714. The molecule has 150 valence electrons. The second-order valence-electron chi connectivity index (χ2n) is 7.90. The lowest BCUT2D eigenvalue weighted by Gasteiger charge is -2.34. The molecule has 5 heteroatoms. The average molecular weight is 381 g/mol. The molecule has 2 amide bonds. The van der Waals surface area contributed by atoms with E-state index in [4.69, 9.17) is 0 Å². The van der Waals surface area contributed by atoms with Crippen molar-refractivity contribution in [1.82, 2.24) is 20.1 Å². The molecule has 0 spiro atoms. The molecule has 1 fully saturated rings. The third-order valence-electron chi connectivity index (χ3n) is 5.72. The van der Waals surface area contributed by atoms with Crippen LogP contribution >= 0.6 is 0 Å². The zero-order chi connectivity index (χ0) is 19.8. The van der Waals surface area contributed by atoms with E-state index in [1.54, 1.807) is 6.20 Å². The summed E-state index contributed by atoms with van der Waals surface area (Å²) in [4.78, 5) is 21.5. The summed E-state index contributed by atoms with van der Waals surface area (Å²) in [5.74, 6) is 0.550. The maximum absolute atomic E-state index is 13.1. The second-order valence-corrected chi connectivity index (χ2v) is 7.90. The van der Waals surface area contributed by atoms with Gasteiger partial charge in [-0.2, -0.15) is 0 Å². The van der Waals surface area contributed by atoms with Gasteiger partial charge in [0, 0.05) is 31.5 Å². The summed E-state index contributed by atoms with van der Waals surface area (Å²) in [6, 6.07) is 14.5. The number of nitrogens with one attached hydrogen (secondary N) is 1. The summed E-state index contributed by atoms with van der Waals surface area (Å²) in [6.07, 6.45) is 6.73. The number of nitrogens with zero attached hydrogens (tertiary/aromatic N) is 3. The predicted molar refractivity (Wildman–Crippen MR) is 113 cm³/mol. The molecule has 0 unspecified atom stereocenters. The number of piperidine rings is 1. The Morgan fingerprint density at radius 2 is 1.89 bits per heavy atom. The normalized spacial score (nSPS) is 16.5. The maximum atomic E-state index is 13.1. The van der Waals surface area contributed by atoms with Gasteiger partial charge >= 0.3 is 6.03 Å². The maximum Gasteiger partial charge on any atom is 0.317 e. The molecule has 0 radical (unpaired) electrons. The fourth-order valence-corrected chi connectivity index (χ4v) is 3.81. The number of urea groups is 1. The first kappa shape index (κ1) is 20.3. The number of hydrogen-bond acceptors (Lipinski definition) is 3. The minimum absolute atomic E-state index is 0.0196. The van der Waals surface area contributed by atoms with E-state index in [0.717, 1.165) is 37.9 Å². The monoisotopic (exact) mass is 380 g/mol. The van der Waals surface area contributed by atoms with Crippen molar-refractivity contribution < 1.29 is 4.79 Å². The summed E-state index contributed by atoms with van der Waals surface area (Å²) in [5.41, 5.74) is 2.30. The summed E-state index contributed by atoms with van der Waals surface area (Å²) in [7, 11) is 2.17. The minimum Gasteiger partial charge on any atom is -0.335 e. The molecule has 0 aliphatic carbocycles. The molecule has 28 heavy (non-hydrogen) atoms. The van der Waals surface area contributed by atoms with Crippen LogP contribution in [-0.4, -0.2) is 53.5 Å². The third kappa shape index (κ3) is 6.06. The molecule has 1 N–H and O–H groups in total. The molecule has 1 aromatic heterocycles. The van der Waals surface area contributed by atoms with Crippen LogP contribution in [0.15, 0.2) is 54.9 Å². The van der Waals surface area contributed by atoms with E-state index in [9.17, 15) is 4.79 Å². The lowest BCUT2D eigenvalue weighted by Crippen LogP contribution is -2.48. The van der Waals surface area contributed by atoms with Crippen molar-refractivity contribution in [3.05, 3.63) is 66.0 Å². The van der Waals surface area contributed by atoms with Gasteiger partial charge in [-0.3, -0.25) is 4.98 Å². The van der Waals surface area contributed by atoms with Crippen LogP contribution in [0, 0.1) is 5.92 Å². The van der Waals surface area contributed by atoms with Crippen LogP contribution in [-0.2, 0) is 13.0 Å². The average Bonchev–Trinajstić information content (AvgIpc) is 2.73. The van der Waals surface area contributed by atoms with E-state index in [0.29, 0.717) is 19.0 Å². The summed E-state index contributed by atoms with van der Waals surface area (Å²) < 4.78 is 0. The van der Waals surface area contributed by atoms with Crippen molar-refractivity contribution in [3.63, 3.8) is 0 Å². The summed E-state index contributed by atoms with van der Waals surface area (Å²) in [6.45, 7) is 5.63. The van der Waals surface area contributed by atoms with Gasteiger partial charge in [-0.1, -0.05) is 36.4 Å². The number of carbonyl (C=O) groups excluding carboxylic acids is 1. The van der Waals surface area contributed by atoms with Gasteiger partial charge < -0.3 is 15.1 Å². The number of aromatic nitrogens is 1. The van der Waals surface area contributed by atoms with Gasteiger partial charge in [-0.05, 0) is 69.4 Å². The van der Waals surface area contributed by atoms with Gasteiger partial charge in [0.15, 0.2) is 0 Å². The summed E-state index contributed by atoms with van der Waals surface area (Å²) >= 11 is 0. The first-order chi connectivity index (χ1) is 13.6. The van der Waals surface area contributed by atoms with Crippen LogP contribution in [0.1, 0.15) is 30.9 Å². The molecule has 1 aromatic carbocycles. The molecule has 1 saturated heterocycles. The first-order valence-corrected chi connectivity index (χ1v) is 10.3. The van der Waals surface area contributed by atoms with Crippen molar-refractivity contribution in [2.45, 2.75) is 38.8 Å². The molecule has 5 nitrogen and oxygen atoms in total. The number of amides is 2. The Labute approximate surface area is 168 Å². The van der Waals surface area contributed by atoms with Crippen LogP contribution < -0.4 is 5.32 Å². The molecule has 2 aromatic rings. The largest absolute Gasteiger partial charge is 0.335 e. The highest BCUT2D eigenvalue weighted by molar-refractivity contribution is 5.74. The smallest absolute Gasteiger partial charge is 0.317 e. The van der Waals surface area contributed by atoms with E-state index in [1.165, 1.54) is 5.56 Å². The highest BCUT2D eigenvalue weighted by Crippen LogP contribution is 2.20. The standard InChI is InChI=1S/C23H32N4O/c1-19(22-11-14-26(2)15-12-22)25-23(28)27(18-21-9-6-13-24-17-21)16-10-20-7-4-3-5-8-20/h3-9,13,17,19,22H,10-12,14-16,18H2,1-2H3,(H,25,28)/t19-/m0/s1. The Morgan fingerprint density at radius 1 is 1.18 bits per heavy atom. The molecule has 1 aliphatic heterocycles. The van der Waals surface area contributed by atoms with E-state index in [1.807, 2.05) is 41.4 Å². The number of rotatable bonds is 7. The van der Waals surface area contributed by atoms with Gasteiger partial charge in [-0.25, -0.2) is 4.79 Å². The minimum atomic E-state index is 0.0196. The molecule has 3 rings (SSSR count).